The van der Waals surface area contributed by atoms with Gasteiger partial charge >= 0.3 is 5.97 Å². The molecule has 0 saturated heterocycles. The molecule has 0 aliphatic heterocycles. The summed E-state index contributed by atoms with van der Waals surface area (Å²) in [6, 6.07) is 5.90. The van der Waals surface area contributed by atoms with Crippen molar-refractivity contribution in [3.05, 3.63) is 28.8 Å². The van der Waals surface area contributed by atoms with E-state index in [4.69, 9.17) is 16.7 Å². The van der Waals surface area contributed by atoms with E-state index in [1.54, 1.807) is 11.8 Å². The Morgan fingerprint density at radius 2 is 2.16 bits per heavy atom. The van der Waals surface area contributed by atoms with Crippen LogP contribution in [0.25, 0.3) is 0 Å². The molecule has 0 fully saturated rings. The lowest BCUT2D eigenvalue weighted by molar-refractivity contribution is -0.137. The van der Waals surface area contributed by atoms with E-state index >= 15 is 0 Å². The highest BCUT2D eigenvalue weighted by molar-refractivity contribution is 8.00. The summed E-state index contributed by atoms with van der Waals surface area (Å²) in [4.78, 5) is 13.7. The van der Waals surface area contributed by atoms with Crippen LogP contribution in [0.1, 0.15) is 25.8 Å². The molecule has 5 heteroatoms. The van der Waals surface area contributed by atoms with Gasteiger partial charge in [-0.3, -0.25) is 4.79 Å². The lowest BCUT2D eigenvalue weighted by atomic mass is 10.2. The second-order valence-electron chi connectivity index (χ2n) is 4.76. The third-order valence-corrected chi connectivity index (χ3v) is 4.04. The van der Waals surface area contributed by atoms with Crippen molar-refractivity contribution >= 4 is 29.3 Å². The third kappa shape index (κ3) is 5.85. The van der Waals surface area contributed by atoms with Crippen LogP contribution >= 0.6 is 23.4 Å². The van der Waals surface area contributed by atoms with Crippen molar-refractivity contribution in [1.29, 1.82) is 0 Å². The summed E-state index contributed by atoms with van der Waals surface area (Å²) >= 11 is 8.04. The van der Waals surface area contributed by atoms with Gasteiger partial charge in [0, 0.05) is 28.3 Å². The smallest absolute Gasteiger partial charge is 0.304 e. The van der Waals surface area contributed by atoms with Gasteiger partial charge in [-0.1, -0.05) is 31.5 Å². The fourth-order valence-corrected chi connectivity index (χ4v) is 2.96. The van der Waals surface area contributed by atoms with Crippen molar-refractivity contribution in [1.82, 2.24) is 4.90 Å². The number of rotatable bonds is 7. The van der Waals surface area contributed by atoms with Crippen LogP contribution in [0.5, 0.6) is 0 Å². The second-order valence-corrected chi connectivity index (χ2v) is 6.79. The molecule has 0 spiro atoms. The highest BCUT2D eigenvalue weighted by atomic mass is 35.5. The minimum atomic E-state index is -0.775. The molecule has 0 radical (unpaired) electrons. The SMILES string of the molecule is CC(C)Sc1cccc(Cl)c1CN(C)CCC(=O)O. The molecule has 3 nitrogen and oxygen atoms in total. The van der Waals surface area contributed by atoms with E-state index in [-0.39, 0.29) is 6.42 Å². The summed E-state index contributed by atoms with van der Waals surface area (Å²) < 4.78 is 0. The zero-order chi connectivity index (χ0) is 14.4. The second kappa shape index (κ2) is 7.78. The molecule has 0 saturated carbocycles. The first kappa shape index (κ1) is 16.3. The van der Waals surface area contributed by atoms with Gasteiger partial charge in [-0.25, -0.2) is 0 Å². The lowest BCUT2D eigenvalue weighted by Gasteiger charge is -2.19. The molecule has 0 atom stereocenters. The summed E-state index contributed by atoms with van der Waals surface area (Å²) in [6.45, 7) is 5.47. The van der Waals surface area contributed by atoms with Crippen molar-refractivity contribution < 1.29 is 9.90 Å². The summed E-state index contributed by atoms with van der Waals surface area (Å²) in [6.07, 6.45) is 0.146. The zero-order valence-corrected chi connectivity index (χ0v) is 13.1. The maximum Gasteiger partial charge on any atom is 0.304 e. The molecular formula is C14H20ClNO2S. The number of carbonyl (C=O) groups is 1. The average molecular weight is 302 g/mol. The number of nitrogens with zero attached hydrogens (tertiary/aromatic N) is 1. The monoisotopic (exact) mass is 301 g/mol. The average Bonchev–Trinajstić information content (AvgIpc) is 2.30. The largest absolute Gasteiger partial charge is 0.481 e. The van der Waals surface area contributed by atoms with Crippen molar-refractivity contribution in [3.63, 3.8) is 0 Å². The molecule has 1 aromatic rings. The van der Waals surface area contributed by atoms with Gasteiger partial charge in [0.15, 0.2) is 0 Å². The molecule has 1 aromatic carbocycles. The number of hydrogen-bond donors (Lipinski definition) is 1. The minimum Gasteiger partial charge on any atom is -0.481 e. The maximum atomic E-state index is 10.6. The van der Waals surface area contributed by atoms with E-state index in [1.165, 1.54) is 4.90 Å². The molecule has 0 amide bonds. The molecule has 106 valence electrons. The number of benzene rings is 1. The lowest BCUT2D eigenvalue weighted by Crippen LogP contribution is -2.22. The van der Waals surface area contributed by atoms with Crippen LogP contribution in [0, 0.1) is 0 Å². The molecule has 19 heavy (non-hydrogen) atoms. The Morgan fingerprint density at radius 1 is 1.47 bits per heavy atom. The summed E-state index contributed by atoms with van der Waals surface area (Å²) in [7, 11) is 1.91. The predicted molar refractivity (Wildman–Crippen MR) is 81.0 cm³/mol. The van der Waals surface area contributed by atoms with Gasteiger partial charge < -0.3 is 10.0 Å². The molecule has 1 N–H and O–H groups in total. The number of aliphatic carboxylic acids is 1. The molecule has 0 unspecified atom stereocenters. The molecular weight excluding hydrogens is 282 g/mol. The van der Waals surface area contributed by atoms with Crippen LogP contribution < -0.4 is 0 Å². The number of hydrogen-bond acceptors (Lipinski definition) is 3. The van der Waals surface area contributed by atoms with Crippen LogP contribution in [0.3, 0.4) is 0 Å². The number of halogens is 1. The zero-order valence-electron chi connectivity index (χ0n) is 11.5. The Balaban J connectivity index is 2.77. The van der Waals surface area contributed by atoms with Gasteiger partial charge in [-0.2, -0.15) is 0 Å². The van der Waals surface area contributed by atoms with Gasteiger partial charge in [-0.05, 0) is 24.7 Å². The maximum absolute atomic E-state index is 10.6. The molecule has 0 aliphatic carbocycles. The van der Waals surface area contributed by atoms with Gasteiger partial charge in [0.05, 0.1) is 6.42 Å². The fourth-order valence-electron chi connectivity index (χ4n) is 1.69. The van der Waals surface area contributed by atoms with E-state index in [2.05, 4.69) is 19.9 Å². The Morgan fingerprint density at radius 3 is 2.74 bits per heavy atom. The first-order chi connectivity index (χ1) is 8.90. The van der Waals surface area contributed by atoms with Crippen molar-refractivity contribution in [2.75, 3.05) is 13.6 Å². The normalized spacial score (nSPS) is 11.3. The van der Waals surface area contributed by atoms with E-state index in [0.29, 0.717) is 18.3 Å². The van der Waals surface area contributed by atoms with E-state index in [1.807, 2.05) is 24.1 Å². The first-order valence-corrected chi connectivity index (χ1v) is 7.50. The molecule has 0 bridgehead atoms. The fraction of sp³-hybridized carbons (Fsp3) is 0.500. The van der Waals surface area contributed by atoms with Crippen LogP contribution in [0.15, 0.2) is 23.1 Å². The van der Waals surface area contributed by atoms with E-state index < -0.39 is 5.97 Å². The number of carboxylic acids is 1. The molecule has 0 heterocycles. The van der Waals surface area contributed by atoms with Crippen molar-refractivity contribution in [2.45, 2.75) is 37.0 Å². The highest BCUT2D eigenvalue weighted by Gasteiger charge is 2.12. The van der Waals surface area contributed by atoms with E-state index in [0.717, 1.165) is 10.6 Å². The van der Waals surface area contributed by atoms with Crippen molar-refractivity contribution in [2.24, 2.45) is 0 Å². The first-order valence-electron chi connectivity index (χ1n) is 6.24. The standard InChI is InChI=1S/C14H20ClNO2S/c1-10(2)19-13-6-4-5-12(15)11(13)9-16(3)8-7-14(17)18/h4-6,10H,7-9H2,1-3H3,(H,17,18). The van der Waals surface area contributed by atoms with Gasteiger partial charge in [0.1, 0.15) is 0 Å². The minimum absolute atomic E-state index is 0.146. The van der Waals surface area contributed by atoms with Gasteiger partial charge in [0.25, 0.3) is 0 Å². The Bertz CT molecular complexity index is 437. The van der Waals surface area contributed by atoms with Crippen LogP contribution in [0.4, 0.5) is 0 Å². The van der Waals surface area contributed by atoms with Gasteiger partial charge in [0.2, 0.25) is 0 Å². The van der Waals surface area contributed by atoms with Crippen LogP contribution in [-0.4, -0.2) is 34.8 Å². The quantitative estimate of drug-likeness (QED) is 0.779. The molecule has 0 aliphatic rings. The van der Waals surface area contributed by atoms with Crippen LogP contribution in [-0.2, 0) is 11.3 Å². The number of thioether (sulfide) groups is 1. The predicted octanol–water partition coefficient (Wildman–Crippen LogP) is 3.75. The Kier molecular flexibility index (Phi) is 6.69. The Hall–Kier alpha value is -0.710. The van der Waals surface area contributed by atoms with Crippen molar-refractivity contribution in [3.8, 4) is 0 Å². The Labute approximate surface area is 123 Å². The van der Waals surface area contributed by atoms with Gasteiger partial charge in [-0.15, -0.1) is 11.8 Å². The summed E-state index contributed by atoms with van der Waals surface area (Å²) in [5.41, 5.74) is 1.08. The molecule has 1 rings (SSSR count). The summed E-state index contributed by atoms with van der Waals surface area (Å²) in [5.74, 6) is -0.775. The van der Waals surface area contributed by atoms with Crippen LogP contribution in [0.2, 0.25) is 5.02 Å². The highest BCUT2D eigenvalue weighted by Crippen LogP contribution is 2.31. The summed E-state index contributed by atoms with van der Waals surface area (Å²) in [5, 5.41) is 9.93. The van der Waals surface area contributed by atoms with E-state index in [9.17, 15) is 4.79 Å². The number of carboxylic acid groups (broad SMARTS) is 1. The topological polar surface area (TPSA) is 40.5 Å². The third-order valence-electron chi connectivity index (χ3n) is 2.57. The molecule has 0 aromatic heterocycles.